The Morgan fingerprint density at radius 2 is 2.00 bits per heavy atom. The Balaban J connectivity index is 3.70. The van der Waals surface area contributed by atoms with Crippen LogP contribution in [0.15, 0.2) is 0 Å². The number of nitrogens with zero attached hydrogens (tertiary/aromatic N) is 1. The highest BCUT2D eigenvalue weighted by Crippen LogP contribution is 2.07. The van der Waals surface area contributed by atoms with Crippen LogP contribution in [-0.4, -0.2) is 35.9 Å². The number of halogens is 1. The first kappa shape index (κ1) is 9.21. The summed E-state index contributed by atoms with van der Waals surface area (Å²) >= 11 is 5.48. The Bertz CT molecular complexity index is 83.1. The van der Waals surface area contributed by atoms with Gasteiger partial charge in [-0.15, -0.1) is 0 Å². The lowest BCUT2D eigenvalue weighted by Crippen LogP contribution is -2.46. The van der Waals surface area contributed by atoms with E-state index in [0.717, 1.165) is 13.0 Å². The average molecular weight is 153 g/mol. The predicted molar refractivity (Wildman–Crippen MR) is 39.1 cm³/mol. The van der Waals surface area contributed by atoms with Gasteiger partial charge in [0.15, 0.2) is 0 Å². The molecule has 0 heterocycles. The number of quaternary nitrogens is 1. The molecule has 3 heteroatoms. The molecule has 0 aliphatic heterocycles. The smallest absolute Gasteiger partial charge is 0.270 e. The van der Waals surface area contributed by atoms with Crippen molar-refractivity contribution in [1.82, 2.24) is 0 Å². The quantitative estimate of drug-likeness (QED) is 0.277. The molecule has 0 aromatic rings. The predicted octanol–water partition coefficient (Wildman–Crippen LogP) is 0.988. The summed E-state index contributed by atoms with van der Waals surface area (Å²) in [6.45, 7) is 2.98. The first-order valence-corrected chi connectivity index (χ1v) is 3.59. The minimum atomic E-state index is -0.773. The van der Waals surface area contributed by atoms with Crippen LogP contribution in [0.1, 0.15) is 13.3 Å². The number of hydrogen-bond donors (Lipinski definition) is 1. The first-order valence-electron chi connectivity index (χ1n) is 3.15. The molecule has 0 saturated heterocycles. The molecule has 1 unspecified atom stereocenters. The maximum atomic E-state index is 8.95. The Labute approximate surface area is 61.6 Å². The van der Waals surface area contributed by atoms with E-state index >= 15 is 0 Å². The van der Waals surface area contributed by atoms with Gasteiger partial charge < -0.3 is 5.11 Å². The summed E-state index contributed by atoms with van der Waals surface area (Å²) in [4.78, 5) is 0. The van der Waals surface area contributed by atoms with Gasteiger partial charge >= 0.3 is 0 Å². The van der Waals surface area contributed by atoms with E-state index in [1.54, 1.807) is 0 Å². The van der Waals surface area contributed by atoms with Gasteiger partial charge in [0, 0.05) is 0 Å². The standard InChI is InChI=1S/C6H15ClNO/c1-4-5-8(2,3)6(7)9/h6,9H,4-5H2,1-3H3/q+1. The van der Waals surface area contributed by atoms with Crippen LogP contribution < -0.4 is 0 Å². The average Bonchev–Trinajstić information content (AvgIpc) is 1.65. The summed E-state index contributed by atoms with van der Waals surface area (Å²) in [6, 6.07) is 0. The van der Waals surface area contributed by atoms with Crippen LogP contribution in [0.4, 0.5) is 0 Å². The van der Waals surface area contributed by atoms with Crippen LogP contribution >= 0.6 is 11.6 Å². The molecule has 0 aromatic heterocycles. The van der Waals surface area contributed by atoms with Gasteiger partial charge in [-0.3, -0.25) is 4.48 Å². The second-order valence-corrected chi connectivity index (χ2v) is 3.20. The van der Waals surface area contributed by atoms with Gasteiger partial charge in [0.05, 0.1) is 20.6 Å². The topological polar surface area (TPSA) is 20.2 Å². The monoisotopic (exact) mass is 152 g/mol. The Morgan fingerprint density at radius 3 is 2.11 bits per heavy atom. The van der Waals surface area contributed by atoms with E-state index in [4.69, 9.17) is 16.7 Å². The van der Waals surface area contributed by atoms with Gasteiger partial charge in [0.2, 0.25) is 0 Å². The molecule has 0 spiro atoms. The van der Waals surface area contributed by atoms with Crippen molar-refractivity contribution in [2.75, 3.05) is 20.6 Å². The van der Waals surface area contributed by atoms with Crippen LogP contribution in [0.25, 0.3) is 0 Å². The maximum absolute atomic E-state index is 8.95. The highest BCUT2D eigenvalue weighted by molar-refractivity contribution is 6.18. The number of aliphatic hydroxyl groups excluding tert-OH is 1. The van der Waals surface area contributed by atoms with E-state index < -0.39 is 5.69 Å². The Hall–Kier alpha value is 0.210. The SMILES string of the molecule is CCC[N+](C)(C)C(O)Cl. The van der Waals surface area contributed by atoms with Gasteiger partial charge in [-0.1, -0.05) is 6.92 Å². The fraction of sp³-hybridized carbons (Fsp3) is 1.00. The van der Waals surface area contributed by atoms with Crippen LogP contribution in [0.2, 0.25) is 0 Å². The molecule has 0 aliphatic carbocycles. The summed E-state index contributed by atoms with van der Waals surface area (Å²) in [5, 5.41) is 8.95. The molecule has 0 fully saturated rings. The largest absolute Gasteiger partial charge is 0.332 e. The number of hydrogen-bond acceptors (Lipinski definition) is 1. The minimum absolute atomic E-state index is 0.470. The van der Waals surface area contributed by atoms with Crippen molar-refractivity contribution in [1.29, 1.82) is 0 Å². The third-order valence-corrected chi connectivity index (χ3v) is 1.91. The van der Waals surface area contributed by atoms with E-state index in [-0.39, 0.29) is 0 Å². The van der Waals surface area contributed by atoms with Crippen molar-refractivity contribution in [3.8, 4) is 0 Å². The fourth-order valence-electron chi connectivity index (χ4n) is 0.683. The van der Waals surface area contributed by atoms with Crippen LogP contribution in [0.3, 0.4) is 0 Å². The van der Waals surface area contributed by atoms with E-state index in [2.05, 4.69) is 6.92 Å². The zero-order valence-corrected chi connectivity index (χ0v) is 7.02. The molecule has 0 saturated carbocycles. The maximum Gasteiger partial charge on any atom is 0.270 e. The molecule has 0 amide bonds. The molecule has 0 rings (SSSR count). The third-order valence-electron chi connectivity index (χ3n) is 1.38. The van der Waals surface area contributed by atoms with Gasteiger partial charge in [-0.05, 0) is 18.0 Å². The Kier molecular flexibility index (Phi) is 3.48. The fourth-order valence-corrected chi connectivity index (χ4v) is 0.780. The van der Waals surface area contributed by atoms with E-state index in [1.165, 1.54) is 0 Å². The van der Waals surface area contributed by atoms with Gasteiger partial charge in [0.25, 0.3) is 5.69 Å². The molecule has 0 aromatic carbocycles. The van der Waals surface area contributed by atoms with Crippen LogP contribution in [0.5, 0.6) is 0 Å². The molecule has 0 radical (unpaired) electrons. The molecule has 0 aliphatic rings. The summed E-state index contributed by atoms with van der Waals surface area (Å²) in [5.74, 6) is 0. The van der Waals surface area contributed by atoms with E-state index in [1.807, 2.05) is 14.1 Å². The van der Waals surface area contributed by atoms with Crippen molar-refractivity contribution >= 4 is 11.6 Å². The molecule has 2 nitrogen and oxygen atoms in total. The van der Waals surface area contributed by atoms with Gasteiger partial charge in [0.1, 0.15) is 0 Å². The van der Waals surface area contributed by atoms with Crippen LogP contribution in [-0.2, 0) is 0 Å². The molecule has 56 valence electrons. The second-order valence-electron chi connectivity index (χ2n) is 2.81. The summed E-state index contributed by atoms with van der Waals surface area (Å²) < 4.78 is 0.470. The first-order chi connectivity index (χ1) is 4.00. The molecule has 1 atom stereocenters. The lowest BCUT2D eigenvalue weighted by Gasteiger charge is -2.30. The molecule has 1 N–H and O–H groups in total. The van der Waals surface area contributed by atoms with E-state index in [9.17, 15) is 0 Å². The summed E-state index contributed by atoms with van der Waals surface area (Å²) in [5.41, 5.74) is -0.773. The highest BCUT2D eigenvalue weighted by Gasteiger charge is 2.21. The highest BCUT2D eigenvalue weighted by atomic mass is 35.5. The Morgan fingerprint density at radius 1 is 1.56 bits per heavy atom. The van der Waals surface area contributed by atoms with E-state index in [0.29, 0.717) is 4.48 Å². The molecule has 9 heavy (non-hydrogen) atoms. The molecular formula is C6H15ClNO+. The molecular weight excluding hydrogens is 138 g/mol. The summed E-state index contributed by atoms with van der Waals surface area (Å²) in [6.07, 6.45) is 1.04. The number of rotatable bonds is 3. The molecule has 0 bridgehead atoms. The minimum Gasteiger partial charge on any atom is -0.332 e. The summed E-state index contributed by atoms with van der Waals surface area (Å²) in [7, 11) is 3.81. The van der Waals surface area contributed by atoms with Gasteiger partial charge in [-0.2, -0.15) is 0 Å². The van der Waals surface area contributed by atoms with Crippen molar-refractivity contribution in [3.05, 3.63) is 0 Å². The third kappa shape index (κ3) is 3.04. The number of aliphatic hydroxyl groups is 1. The zero-order chi connectivity index (χ0) is 7.49. The normalized spacial score (nSPS) is 15.7. The van der Waals surface area contributed by atoms with Crippen molar-refractivity contribution in [2.24, 2.45) is 0 Å². The number of alkyl halides is 1. The van der Waals surface area contributed by atoms with Crippen LogP contribution in [0, 0.1) is 0 Å². The zero-order valence-electron chi connectivity index (χ0n) is 6.26. The lowest BCUT2D eigenvalue weighted by atomic mass is 10.4. The van der Waals surface area contributed by atoms with Gasteiger partial charge in [-0.25, -0.2) is 0 Å². The lowest BCUT2D eigenvalue weighted by molar-refractivity contribution is -0.922. The second kappa shape index (κ2) is 3.40. The van der Waals surface area contributed by atoms with Crippen molar-refractivity contribution in [3.63, 3.8) is 0 Å². The van der Waals surface area contributed by atoms with Crippen molar-refractivity contribution in [2.45, 2.75) is 19.0 Å². The van der Waals surface area contributed by atoms with Crippen molar-refractivity contribution < 1.29 is 9.59 Å².